The van der Waals surface area contributed by atoms with Gasteiger partial charge < -0.3 is 5.32 Å². The average molecular weight is 298 g/mol. The van der Waals surface area contributed by atoms with Crippen molar-refractivity contribution in [3.8, 4) is 0 Å². The molecule has 19 heavy (non-hydrogen) atoms. The molecule has 1 amide bonds. The summed E-state index contributed by atoms with van der Waals surface area (Å²) in [6.07, 6.45) is 1.15. The summed E-state index contributed by atoms with van der Waals surface area (Å²) in [6, 6.07) is 0. The number of hydrogen-bond donors (Lipinski definition) is 2. The molecular weight excluding hydrogens is 264 g/mol. The van der Waals surface area contributed by atoms with E-state index >= 15 is 0 Å². The van der Waals surface area contributed by atoms with Gasteiger partial charge in [-0.1, -0.05) is 14.9 Å². The zero-order chi connectivity index (χ0) is 14.5. The van der Waals surface area contributed by atoms with Crippen molar-refractivity contribution < 1.29 is 13.2 Å². The van der Waals surface area contributed by atoms with Crippen molar-refractivity contribution in [1.82, 2.24) is 10.0 Å². The fraction of sp³-hybridized carbons (Fsp3) is 0.923. The van der Waals surface area contributed by atoms with Gasteiger partial charge in [-0.15, -0.1) is 0 Å². The molecule has 0 unspecified atom stereocenters. The second kappa shape index (κ2) is 9.31. The monoisotopic (exact) mass is 298 g/mol. The number of carbonyl (C=O) groups excluding carboxylic acids is 1. The highest BCUT2D eigenvalue weighted by Gasteiger charge is 2.14. The van der Waals surface area contributed by atoms with Gasteiger partial charge >= 0.3 is 0 Å². The second-order valence-corrected chi connectivity index (χ2v) is 7.80. The van der Waals surface area contributed by atoms with Crippen LogP contribution in [0.4, 0.5) is 0 Å². The number of amides is 1. The zero-order valence-corrected chi connectivity index (χ0v) is 12.9. The summed E-state index contributed by atoms with van der Waals surface area (Å²) < 4.78 is 23.5. The van der Waals surface area contributed by atoms with Crippen LogP contribution in [0, 0.1) is 0 Å². The predicted molar refractivity (Wildman–Crippen MR) is 84.8 cm³/mol. The van der Waals surface area contributed by atoms with Crippen LogP contribution in [0.1, 0.15) is 63.3 Å². The highest BCUT2D eigenvalue weighted by molar-refractivity contribution is 7.88. The predicted octanol–water partition coefficient (Wildman–Crippen LogP) is 2.53. The topological polar surface area (TPSA) is 75.3 Å². The van der Waals surface area contributed by atoms with Crippen molar-refractivity contribution in [2.45, 2.75) is 74.4 Å². The first kappa shape index (κ1) is 26.8. The maximum absolute atomic E-state index is 10.5. The molecule has 0 spiro atoms. The lowest BCUT2D eigenvalue weighted by Gasteiger charge is -2.18. The largest absolute Gasteiger partial charge is 0.352 e. The summed E-state index contributed by atoms with van der Waals surface area (Å²) in [5.74, 6) is 0.0255. The van der Waals surface area contributed by atoms with E-state index in [9.17, 15) is 13.2 Å². The second-order valence-electron chi connectivity index (χ2n) is 6.06. The Hall–Kier alpha value is -0.620. The fourth-order valence-corrected chi connectivity index (χ4v) is 2.20. The van der Waals surface area contributed by atoms with Gasteiger partial charge in [0.05, 0.1) is 6.26 Å². The van der Waals surface area contributed by atoms with Crippen LogP contribution in [0.5, 0.6) is 0 Å². The Bertz CT molecular complexity index is 336. The molecule has 0 heterocycles. The Balaban J connectivity index is -0.000000108. The van der Waals surface area contributed by atoms with Gasteiger partial charge in [0.1, 0.15) is 0 Å². The Morgan fingerprint density at radius 1 is 0.895 bits per heavy atom. The van der Waals surface area contributed by atoms with E-state index in [1.807, 2.05) is 20.8 Å². The maximum atomic E-state index is 10.5. The van der Waals surface area contributed by atoms with Crippen molar-refractivity contribution >= 4 is 15.9 Å². The van der Waals surface area contributed by atoms with Gasteiger partial charge in [-0.3, -0.25) is 4.79 Å². The Labute approximate surface area is 120 Å². The summed E-state index contributed by atoms with van der Waals surface area (Å²) in [5.41, 5.74) is -0.431. The van der Waals surface area contributed by atoms with Crippen LogP contribution in [0.3, 0.4) is 0 Å². The van der Waals surface area contributed by atoms with Gasteiger partial charge in [0.15, 0.2) is 0 Å². The smallest absolute Gasteiger partial charge is 0.217 e. The molecule has 5 nitrogen and oxygen atoms in total. The molecule has 0 aromatic rings. The normalized spacial score (nSPS) is 11.2. The third kappa shape index (κ3) is 38.2. The molecular formula is C13H34N2O3S. The van der Waals surface area contributed by atoms with Gasteiger partial charge in [0.25, 0.3) is 0 Å². The number of rotatable bonds is 1. The molecule has 0 fully saturated rings. The van der Waals surface area contributed by atoms with E-state index in [0.29, 0.717) is 0 Å². The average Bonchev–Trinajstić information content (AvgIpc) is 1.68. The van der Waals surface area contributed by atoms with Crippen molar-refractivity contribution in [3.63, 3.8) is 0 Å². The molecule has 0 saturated carbocycles. The molecule has 0 aliphatic rings. The number of nitrogens with one attached hydrogen (secondary N) is 2. The Morgan fingerprint density at radius 2 is 1.21 bits per heavy atom. The lowest BCUT2D eigenvalue weighted by molar-refractivity contribution is -0.120. The SMILES string of the molecule is C.C.CC(=O)NC(C)(C)C.CC(C)(C)NS(C)(=O)=O. The highest BCUT2D eigenvalue weighted by Crippen LogP contribution is 1.99. The first-order chi connectivity index (χ1) is 7.12. The fourth-order valence-electron chi connectivity index (χ4n) is 1.08. The Morgan fingerprint density at radius 3 is 1.21 bits per heavy atom. The summed E-state index contributed by atoms with van der Waals surface area (Å²) in [6.45, 7) is 12.8. The third-order valence-electron chi connectivity index (χ3n) is 1.04. The number of hydrogen-bond acceptors (Lipinski definition) is 3. The van der Waals surface area contributed by atoms with Crippen LogP contribution < -0.4 is 10.0 Å². The lowest BCUT2D eigenvalue weighted by Crippen LogP contribution is -2.39. The Kier molecular flexibility index (Phi) is 13.2. The van der Waals surface area contributed by atoms with Crippen molar-refractivity contribution in [2.24, 2.45) is 0 Å². The molecule has 2 N–H and O–H groups in total. The van der Waals surface area contributed by atoms with E-state index in [2.05, 4.69) is 10.0 Å². The van der Waals surface area contributed by atoms with E-state index in [-0.39, 0.29) is 31.8 Å². The quantitative estimate of drug-likeness (QED) is 0.781. The number of sulfonamides is 1. The van der Waals surface area contributed by atoms with Crippen LogP contribution in [-0.2, 0) is 14.8 Å². The van der Waals surface area contributed by atoms with Crippen LogP contribution in [0.2, 0.25) is 0 Å². The molecule has 0 atom stereocenters. The van der Waals surface area contributed by atoms with Crippen LogP contribution in [-0.4, -0.2) is 31.7 Å². The third-order valence-corrected chi connectivity index (χ3v) is 2.03. The molecule has 6 heteroatoms. The summed E-state index contributed by atoms with van der Waals surface area (Å²) in [4.78, 5) is 10.3. The van der Waals surface area contributed by atoms with Crippen LogP contribution in [0.25, 0.3) is 0 Å². The first-order valence-corrected chi connectivity index (χ1v) is 7.29. The minimum Gasteiger partial charge on any atom is -0.352 e. The summed E-state index contributed by atoms with van der Waals surface area (Å²) in [5, 5.41) is 2.74. The standard InChI is InChI=1S/C6H13NO.C5H13NO2S.2CH4/c1-5(8)7-6(2,3)4;1-5(2,3)6-9(4,7)8;;/h1-4H3,(H,7,8);6H,1-4H3;2*1H4. The van der Waals surface area contributed by atoms with E-state index in [1.54, 1.807) is 20.8 Å². The lowest BCUT2D eigenvalue weighted by atomic mass is 10.1. The zero-order valence-electron chi connectivity index (χ0n) is 12.1. The molecule has 0 bridgehead atoms. The minimum atomic E-state index is -3.03. The first-order valence-electron chi connectivity index (χ1n) is 5.40. The molecule has 0 rings (SSSR count). The van der Waals surface area contributed by atoms with Crippen molar-refractivity contribution in [2.75, 3.05) is 6.26 Å². The number of carbonyl (C=O) groups is 1. The summed E-state index contributed by atoms with van der Waals surface area (Å²) >= 11 is 0. The van der Waals surface area contributed by atoms with E-state index < -0.39 is 10.0 Å². The van der Waals surface area contributed by atoms with E-state index in [0.717, 1.165) is 6.26 Å². The van der Waals surface area contributed by atoms with Crippen molar-refractivity contribution in [3.05, 3.63) is 0 Å². The van der Waals surface area contributed by atoms with Crippen LogP contribution >= 0.6 is 0 Å². The van der Waals surface area contributed by atoms with Gasteiger partial charge in [0, 0.05) is 18.0 Å². The molecule has 0 radical (unpaired) electrons. The molecule has 0 aromatic carbocycles. The minimum absolute atomic E-state index is 0. The van der Waals surface area contributed by atoms with Gasteiger partial charge in [0.2, 0.25) is 15.9 Å². The van der Waals surface area contributed by atoms with E-state index in [1.165, 1.54) is 6.92 Å². The highest BCUT2D eigenvalue weighted by atomic mass is 32.2. The van der Waals surface area contributed by atoms with Gasteiger partial charge in [-0.25, -0.2) is 13.1 Å². The van der Waals surface area contributed by atoms with Gasteiger partial charge in [-0.05, 0) is 41.5 Å². The summed E-state index contributed by atoms with van der Waals surface area (Å²) in [7, 11) is -3.03. The molecule has 0 aliphatic carbocycles. The maximum Gasteiger partial charge on any atom is 0.217 e. The molecule has 0 aliphatic heterocycles. The van der Waals surface area contributed by atoms with Crippen molar-refractivity contribution in [1.29, 1.82) is 0 Å². The molecule has 0 saturated heterocycles. The van der Waals surface area contributed by atoms with E-state index in [4.69, 9.17) is 0 Å². The molecule has 0 aromatic heterocycles. The van der Waals surface area contributed by atoms with Gasteiger partial charge in [-0.2, -0.15) is 0 Å². The molecule has 120 valence electrons. The van der Waals surface area contributed by atoms with Crippen LogP contribution in [0.15, 0.2) is 0 Å².